The van der Waals surface area contributed by atoms with Crippen LogP contribution in [0.3, 0.4) is 0 Å². The number of rotatable bonds is 9. The van der Waals surface area contributed by atoms with Crippen molar-refractivity contribution in [3.63, 3.8) is 0 Å². The molecule has 3 aromatic carbocycles. The minimum atomic E-state index is -4.03. The molecule has 11 heteroatoms. The zero-order chi connectivity index (χ0) is 24.8. The fourth-order valence-corrected chi connectivity index (χ4v) is 6.43. The van der Waals surface area contributed by atoms with Crippen LogP contribution in [-0.4, -0.2) is 31.1 Å². The first-order chi connectivity index (χ1) is 16.8. The van der Waals surface area contributed by atoms with E-state index in [1.54, 1.807) is 30.3 Å². The molecular weight excluding hydrogens is 524 g/mol. The van der Waals surface area contributed by atoms with Crippen molar-refractivity contribution in [2.45, 2.75) is 21.9 Å². The van der Waals surface area contributed by atoms with Gasteiger partial charge in [-0.05, 0) is 42.8 Å². The number of thioether (sulfide) groups is 1. The lowest BCUT2D eigenvalue weighted by molar-refractivity contribution is -0.114. The lowest BCUT2D eigenvalue weighted by Crippen LogP contribution is -2.38. The van der Waals surface area contributed by atoms with Crippen LogP contribution in [0.15, 0.2) is 88.1 Å². The van der Waals surface area contributed by atoms with Crippen LogP contribution in [0.1, 0.15) is 11.1 Å². The summed E-state index contributed by atoms with van der Waals surface area (Å²) in [6.07, 6.45) is 0. The van der Waals surface area contributed by atoms with Crippen LogP contribution in [0.2, 0.25) is 5.02 Å². The Bertz CT molecular complexity index is 1410. The van der Waals surface area contributed by atoms with Gasteiger partial charge in [-0.15, -0.1) is 10.2 Å². The molecule has 35 heavy (non-hydrogen) atoms. The molecule has 0 spiro atoms. The lowest BCUT2D eigenvalue weighted by atomic mass is 10.2. The number of nitrogens with one attached hydrogen (secondary N) is 1. The number of hydrogen-bond donors (Lipinski definition) is 1. The highest BCUT2D eigenvalue weighted by Gasteiger charge is 2.27. The van der Waals surface area contributed by atoms with Gasteiger partial charge in [-0.2, -0.15) is 0 Å². The van der Waals surface area contributed by atoms with Crippen LogP contribution in [0.4, 0.5) is 10.8 Å². The fourth-order valence-electron chi connectivity index (χ4n) is 3.11. The minimum absolute atomic E-state index is 0.0754. The van der Waals surface area contributed by atoms with Gasteiger partial charge < -0.3 is 0 Å². The van der Waals surface area contributed by atoms with Crippen molar-refractivity contribution in [3.05, 3.63) is 95.0 Å². The second-order valence-corrected chi connectivity index (χ2v) is 12.0. The second-order valence-electron chi connectivity index (χ2n) is 7.50. The Balaban J connectivity index is 1.50. The third-order valence-corrected chi connectivity index (χ3v) is 8.92. The average Bonchev–Trinajstić information content (AvgIpc) is 3.29. The van der Waals surface area contributed by atoms with E-state index in [9.17, 15) is 13.2 Å². The predicted molar refractivity (Wildman–Crippen MR) is 142 cm³/mol. The van der Waals surface area contributed by atoms with Crippen LogP contribution < -0.4 is 9.62 Å². The molecule has 0 aliphatic carbocycles. The number of amides is 1. The van der Waals surface area contributed by atoms with E-state index in [1.165, 1.54) is 41.3 Å². The van der Waals surface area contributed by atoms with E-state index in [0.717, 1.165) is 21.2 Å². The number of nitrogens with zero attached hydrogens (tertiary/aromatic N) is 3. The Kier molecular flexibility index (Phi) is 8.07. The Labute approximate surface area is 217 Å². The summed E-state index contributed by atoms with van der Waals surface area (Å²) in [5.74, 6) is 0.178. The first-order valence-corrected chi connectivity index (χ1v) is 14.1. The van der Waals surface area contributed by atoms with E-state index in [-0.39, 0.29) is 10.6 Å². The van der Waals surface area contributed by atoms with Crippen molar-refractivity contribution in [2.75, 3.05) is 16.2 Å². The highest BCUT2D eigenvalue weighted by Crippen LogP contribution is 2.29. The van der Waals surface area contributed by atoms with Crippen molar-refractivity contribution >= 4 is 61.4 Å². The number of halogens is 1. The van der Waals surface area contributed by atoms with Crippen LogP contribution in [0.5, 0.6) is 0 Å². The van der Waals surface area contributed by atoms with E-state index in [4.69, 9.17) is 11.6 Å². The van der Waals surface area contributed by atoms with Crippen molar-refractivity contribution < 1.29 is 13.2 Å². The summed E-state index contributed by atoms with van der Waals surface area (Å²) < 4.78 is 28.6. The molecular formula is C24H21ClN4O3S3. The van der Waals surface area contributed by atoms with E-state index in [0.29, 0.717) is 14.5 Å². The number of anilines is 2. The number of aryl methyl sites for hydroxylation is 1. The van der Waals surface area contributed by atoms with E-state index >= 15 is 0 Å². The normalized spacial score (nSPS) is 11.3. The molecule has 0 fully saturated rings. The summed E-state index contributed by atoms with van der Waals surface area (Å²) in [6.45, 7) is 1.41. The molecule has 180 valence electrons. The SMILES string of the molecule is Cc1ccc(S(=O)(=O)N(CC(=O)Nc2nnc(SCc3ccccc3)s2)c2cccc(Cl)c2)cc1. The van der Waals surface area contributed by atoms with E-state index in [2.05, 4.69) is 15.5 Å². The largest absolute Gasteiger partial charge is 0.299 e. The average molecular weight is 545 g/mol. The Morgan fingerprint density at radius 3 is 2.49 bits per heavy atom. The van der Waals surface area contributed by atoms with Gasteiger partial charge in [-0.3, -0.25) is 14.4 Å². The molecule has 0 atom stereocenters. The van der Waals surface area contributed by atoms with Crippen molar-refractivity contribution in [3.8, 4) is 0 Å². The molecule has 1 aromatic heterocycles. The summed E-state index contributed by atoms with van der Waals surface area (Å²) in [4.78, 5) is 13.0. The molecule has 1 N–H and O–H groups in total. The smallest absolute Gasteiger partial charge is 0.264 e. The third kappa shape index (κ3) is 6.61. The monoisotopic (exact) mass is 544 g/mol. The first kappa shape index (κ1) is 25.2. The van der Waals surface area contributed by atoms with Gasteiger partial charge >= 0.3 is 0 Å². The standard InChI is InChI=1S/C24H21ClN4O3S3/c1-17-10-12-21(13-11-17)35(31,32)29(20-9-5-8-19(25)14-20)15-22(30)26-23-27-28-24(34-23)33-16-18-6-3-2-4-7-18/h2-14H,15-16H2,1H3,(H,26,27,30). The van der Waals surface area contributed by atoms with Crippen molar-refractivity contribution in [2.24, 2.45) is 0 Å². The molecule has 4 rings (SSSR count). The minimum Gasteiger partial charge on any atom is -0.299 e. The number of carbonyl (C=O) groups excluding carboxylic acids is 1. The summed E-state index contributed by atoms with van der Waals surface area (Å²) in [5, 5.41) is 11.4. The van der Waals surface area contributed by atoms with E-state index < -0.39 is 22.5 Å². The van der Waals surface area contributed by atoms with Gasteiger partial charge in [-0.1, -0.05) is 88.8 Å². The Morgan fingerprint density at radius 1 is 1.03 bits per heavy atom. The van der Waals surface area contributed by atoms with Crippen LogP contribution in [0.25, 0.3) is 0 Å². The van der Waals surface area contributed by atoms with Crippen molar-refractivity contribution in [1.29, 1.82) is 0 Å². The van der Waals surface area contributed by atoms with Gasteiger partial charge in [0.15, 0.2) is 4.34 Å². The quantitative estimate of drug-likeness (QED) is 0.217. The van der Waals surface area contributed by atoms with Gasteiger partial charge in [0.1, 0.15) is 6.54 Å². The molecule has 0 bridgehead atoms. The van der Waals surface area contributed by atoms with Crippen molar-refractivity contribution in [1.82, 2.24) is 10.2 Å². The first-order valence-electron chi connectivity index (χ1n) is 10.5. The molecule has 0 saturated carbocycles. The van der Waals surface area contributed by atoms with Crippen LogP contribution in [-0.2, 0) is 20.6 Å². The fraction of sp³-hybridized carbons (Fsp3) is 0.125. The Hall–Kier alpha value is -2.92. The highest BCUT2D eigenvalue weighted by molar-refractivity contribution is 8.00. The third-order valence-electron chi connectivity index (χ3n) is 4.85. The summed E-state index contributed by atoms with van der Waals surface area (Å²) in [7, 11) is -4.03. The summed E-state index contributed by atoms with van der Waals surface area (Å²) in [6, 6.07) is 22.8. The molecule has 0 unspecified atom stereocenters. The second kappa shape index (κ2) is 11.2. The number of benzene rings is 3. The number of aromatic nitrogens is 2. The van der Waals surface area contributed by atoms with Gasteiger partial charge in [0, 0.05) is 10.8 Å². The Morgan fingerprint density at radius 2 is 1.77 bits per heavy atom. The number of sulfonamides is 1. The molecule has 0 saturated heterocycles. The maximum Gasteiger partial charge on any atom is 0.264 e. The molecule has 1 heterocycles. The number of carbonyl (C=O) groups is 1. The molecule has 1 amide bonds. The molecule has 0 aliphatic heterocycles. The maximum atomic E-state index is 13.4. The molecule has 7 nitrogen and oxygen atoms in total. The molecule has 0 aliphatic rings. The van der Waals surface area contributed by atoms with Gasteiger partial charge in [-0.25, -0.2) is 8.42 Å². The summed E-state index contributed by atoms with van der Waals surface area (Å²) >= 11 is 8.85. The van der Waals surface area contributed by atoms with Crippen LogP contribution in [0, 0.1) is 6.92 Å². The lowest BCUT2D eigenvalue weighted by Gasteiger charge is -2.24. The molecule has 0 radical (unpaired) electrons. The zero-order valence-corrected chi connectivity index (χ0v) is 21.8. The van der Waals surface area contributed by atoms with Gasteiger partial charge in [0.25, 0.3) is 10.0 Å². The van der Waals surface area contributed by atoms with Gasteiger partial charge in [0.2, 0.25) is 11.0 Å². The van der Waals surface area contributed by atoms with Gasteiger partial charge in [0.05, 0.1) is 10.6 Å². The molecule has 4 aromatic rings. The zero-order valence-electron chi connectivity index (χ0n) is 18.6. The number of hydrogen-bond acceptors (Lipinski definition) is 7. The summed E-state index contributed by atoms with van der Waals surface area (Å²) in [5.41, 5.74) is 2.36. The highest BCUT2D eigenvalue weighted by atomic mass is 35.5. The van der Waals surface area contributed by atoms with E-state index in [1.807, 2.05) is 37.3 Å². The predicted octanol–water partition coefficient (Wildman–Crippen LogP) is 5.63. The maximum absolute atomic E-state index is 13.4. The topological polar surface area (TPSA) is 92.3 Å². The van der Waals surface area contributed by atoms with Crippen LogP contribution >= 0.6 is 34.7 Å².